The molecule has 32 heavy (non-hydrogen) atoms. The number of carbonyl (C=O) groups excluding carboxylic acids is 3. The summed E-state index contributed by atoms with van der Waals surface area (Å²) in [5.41, 5.74) is 1.03. The van der Waals surface area contributed by atoms with Crippen LogP contribution in [0.15, 0.2) is 59.5 Å². The smallest absolute Gasteiger partial charge is 0.269 e. The number of benzene rings is 2. The average molecular weight is 458 g/mol. The number of rotatable bonds is 9. The monoisotopic (exact) mass is 457 g/mol. The Morgan fingerprint density at radius 1 is 1.06 bits per heavy atom. The Kier molecular flexibility index (Phi) is 7.29. The summed E-state index contributed by atoms with van der Waals surface area (Å²) in [6, 6.07) is 14.8. The van der Waals surface area contributed by atoms with Gasteiger partial charge < -0.3 is 10.2 Å². The number of nitrogens with zero attached hydrogens (tertiary/aromatic N) is 2. The van der Waals surface area contributed by atoms with Crippen LogP contribution in [0, 0.1) is 0 Å². The first-order valence-electron chi connectivity index (χ1n) is 10.5. The highest BCUT2D eigenvalue weighted by atomic mass is 32.2. The molecule has 0 aromatic heterocycles. The molecule has 0 aliphatic carbocycles. The first-order valence-corrected chi connectivity index (χ1v) is 12.0. The van der Waals surface area contributed by atoms with Crippen molar-refractivity contribution in [3.8, 4) is 0 Å². The third-order valence-electron chi connectivity index (χ3n) is 5.49. The third kappa shape index (κ3) is 4.67. The van der Waals surface area contributed by atoms with E-state index in [4.69, 9.17) is 0 Å². The van der Waals surface area contributed by atoms with Gasteiger partial charge in [0.2, 0.25) is 11.8 Å². The van der Waals surface area contributed by atoms with Crippen molar-refractivity contribution in [3.05, 3.63) is 65.7 Å². The Balaban J connectivity index is 1.71. The minimum absolute atomic E-state index is 0.00676. The molecule has 2 aromatic carbocycles. The number of nitrogens with one attached hydrogen (secondary N) is 1. The fourth-order valence-electron chi connectivity index (χ4n) is 3.84. The van der Waals surface area contributed by atoms with Crippen LogP contribution in [0.1, 0.15) is 42.1 Å². The van der Waals surface area contributed by atoms with Crippen LogP contribution in [0.4, 0.5) is 0 Å². The lowest BCUT2D eigenvalue weighted by atomic mass is 10.1. The number of amides is 3. The molecule has 0 fully saturated rings. The minimum atomic E-state index is -3.91. The van der Waals surface area contributed by atoms with Gasteiger partial charge in [0.1, 0.15) is 10.9 Å². The van der Waals surface area contributed by atoms with Crippen LogP contribution in [-0.4, -0.2) is 55.0 Å². The molecule has 0 saturated carbocycles. The van der Waals surface area contributed by atoms with Gasteiger partial charge in [0.15, 0.2) is 0 Å². The summed E-state index contributed by atoms with van der Waals surface area (Å²) in [7, 11) is -2.38. The van der Waals surface area contributed by atoms with E-state index in [1.807, 2.05) is 37.3 Å². The number of sulfonamides is 1. The molecule has 1 aliphatic rings. The maximum absolute atomic E-state index is 13.1. The molecule has 3 amide bonds. The summed E-state index contributed by atoms with van der Waals surface area (Å²) in [4.78, 5) is 39.5. The predicted molar refractivity (Wildman–Crippen MR) is 119 cm³/mol. The van der Waals surface area contributed by atoms with Gasteiger partial charge in [-0.2, -0.15) is 0 Å². The van der Waals surface area contributed by atoms with Crippen LogP contribution in [0.2, 0.25) is 0 Å². The normalized spacial score (nSPS) is 15.2. The minimum Gasteiger partial charge on any atom is -0.357 e. The lowest BCUT2D eigenvalue weighted by molar-refractivity contribution is -0.141. The van der Waals surface area contributed by atoms with Crippen molar-refractivity contribution in [1.29, 1.82) is 0 Å². The first kappa shape index (κ1) is 23.5. The van der Waals surface area contributed by atoms with Gasteiger partial charge in [0, 0.05) is 26.6 Å². The molecule has 0 bridgehead atoms. The predicted octanol–water partition coefficient (Wildman–Crippen LogP) is 2.16. The largest absolute Gasteiger partial charge is 0.357 e. The maximum Gasteiger partial charge on any atom is 0.269 e. The molecule has 9 heteroatoms. The van der Waals surface area contributed by atoms with Gasteiger partial charge in [0.25, 0.3) is 15.9 Å². The molecule has 0 saturated heterocycles. The Hall–Kier alpha value is -3.20. The van der Waals surface area contributed by atoms with Crippen molar-refractivity contribution in [2.75, 3.05) is 13.6 Å². The van der Waals surface area contributed by atoms with E-state index in [1.165, 1.54) is 24.1 Å². The number of hydrogen-bond donors (Lipinski definition) is 1. The Labute approximate surface area is 188 Å². The van der Waals surface area contributed by atoms with Crippen LogP contribution in [-0.2, 0) is 26.2 Å². The summed E-state index contributed by atoms with van der Waals surface area (Å²) in [5, 5.41) is 2.60. The first-order chi connectivity index (χ1) is 15.3. The van der Waals surface area contributed by atoms with E-state index in [1.54, 1.807) is 12.1 Å². The maximum atomic E-state index is 13.1. The van der Waals surface area contributed by atoms with E-state index in [0.29, 0.717) is 6.42 Å². The zero-order chi connectivity index (χ0) is 23.3. The van der Waals surface area contributed by atoms with Gasteiger partial charge in [-0.15, -0.1) is 0 Å². The fourth-order valence-corrected chi connectivity index (χ4v) is 5.44. The molecule has 1 N–H and O–H groups in total. The SMILES string of the molecule is CC[C@@H](C(=O)NC)N(Cc1ccccc1)C(=O)CCCN1C(=O)c2ccccc2S1(=O)=O. The van der Waals surface area contributed by atoms with Crippen LogP contribution < -0.4 is 5.32 Å². The quantitative estimate of drug-likeness (QED) is 0.622. The topological polar surface area (TPSA) is 104 Å². The van der Waals surface area contributed by atoms with E-state index < -0.39 is 22.0 Å². The average Bonchev–Trinajstić information content (AvgIpc) is 3.00. The van der Waals surface area contributed by atoms with E-state index >= 15 is 0 Å². The van der Waals surface area contributed by atoms with E-state index in [2.05, 4.69) is 5.32 Å². The lowest BCUT2D eigenvalue weighted by Gasteiger charge is -2.30. The second-order valence-electron chi connectivity index (χ2n) is 7.53. The van der Waals surface area contributed by atoms with Crippen molar-refractivity contribution < 1.29 is 22.8 Å². The van der Waals surface area contributed by atoms with E-state index in [0.717, 1.165) is 9.87 Å². The van der Waals surface area contributed by atoms with Gasteiger partial charge in [-0.25, -0.2) is 12.7 Å². The highest BCUT2D eigenvalue weighted by Crippen LogP contribution is 2.30. The fraction of sp³-hybridized carbons (Fsp3) is 0.348. The molecular weight excluding hydrogens is 430 g/mol. The molecule has 0 radical (unpaired) electrons. The Morgan fingerprint density at radius 2 is 1.72 bits per heavy atom. The molecule has 170 valence electrons. The summed E-state index contributed by atoms with van der Waals surface area (Å²) in [6.45, 7) is 1.99. The van der Waals surface area contributed by atoms with Crippen molar-refractivity contribution in [2.24, 2.45) is 0 Å². The van der Waals surface area contributed by atoms with E-state index in [-0.39, 0.29) is 48.2 Å². The number of carbonyl (C=O) groups is 3. The highest BCUT2D eigenvalue weighted by Gasteiger charge is 2.40. The van der Waals surface area contributed by atoms with Crippen molar-refractivity contribution in [2.45, 2.75) is 43.7 Å². The molecule has 1 aliphatic heterocycles. The Bertz CT molecular complexity index is 1100. The zero-order valence-electron chi connectivity index (χ0n) is 18.2. The third-order valence-corrected chi connectivity index (χ3v) is 7.33. The molecular formula is C23H27N3O5S. The van der Waals surface area contributed by atoms with Crippen molar-refractivity contribution >= 4 is 27.7 Å². The molecule has 1 heterocycles. The van der Waals surface area contributed by atoms with Gasteiger partial charge in [-0.05, 0) is 30.5 Å². The molecule has 0 unspecified atom stereocenters. The van der Waals surface area contributed by atoms with Gasteiger partial charge >= 0.3 is 0 Å². The van der Waals surface area contributed by atoms with Crippen LogP contribution in [0.3, 0.4) is 0 Å². The molecule has 2 aromatic rings. The summed E-state index contributed by atoms with van der Waals surface area (Å²) >= 11 is 0. The van der Waals surface area contributed by atoms with Crippen molar-refractivity contribution in [3.63, 3.8) is 0 Å². The molecule has 8 nitrogen and oxygen atoms in total. The second-order valence-corrected chi connectivity index (χ2v) is 9.36. The summed E-state index contributed by atoms with van der Waals surface area (Å²) in [5.74, 6) is -1.11. The number of hydrogen-bond acceptors (Lipinski definition) is 5. The second kappa shape index (κ2) is 9.95. The van der Waals surface area contributed by atoms with Crippen molar-refractivity contribution in [1.82, 2.24) is 14.5 Å². The van der Waals surface area contributed by atoms with Gasteiger partial charge in [0.05, 0.1) is 5.56 Å². The molecule has 1 atom stereocenters. The summed E-state index contributed by atoms with van der Waals surface area (Å²) < 4.78 is 26.2. The number of likely N-dealkylation sites (N-methyl/N-ethyl adjacent to an activating group) is 1. The zero-order valence-corrected chi connectivity index (χ0v) is 19.0. The van der Waals surface area contributed by atoms with Crippen LogP contribution >= 0.6 is 0 Å². The van der Waals surface area contributed by atoms with Crippen LogP contribution in [0.5, 0.6) is 0 Å². The highest BCUT2D eigenvalue weighted by molar-refractivity contribution is 7.90. The van der Waals surface area contributed by atoms with Gasteiger partial charge in [-0.3, -0.25) is 14.4 Å². The standard InChI is InChI=1S/C23H27N3O5S/c1-3-19(22(28)24-2)25(16-17-10-5-4-6-11-17)21(27)14-9-15-26-23(29)18-12-7-8-13-20(18)32(26,30)31/h4-8,10-13,19H,3,9,14-16H2,1-2H3,(H,24,28)/t19-/m0/s1. The Morgan fingerprint density at radius 3 is 2.34 bits per heavy atom. The summed E-state index contributed by atoms with van der Waals surface area (Å²) in [6.07, 6.45) is 0.607. The lowest BCUT2D eigenvalue weighted by Crippen LogP contribution is -2.48. The number of fused-ring (bicyclic) bond motifs is 1. The van der Waals surface area contributed by atoms with E-state index in [9.17, 15) is 22.8 Å². The molecule has 0 spiro atoms. The molecule has 3 rings (SSSR count). The van der Waals surface area contributed by atoms with Gasteiger partial charge in [-0.1, -0.05) is 49.4 Å². The van der Waals surface area contributed by atoms with Crippen LogP contribution in [0.25, 0.3) is 0 Å².